The number of esters is 2. The van der Waals surface area contributed by atoms with Gasteiger partial charge in [-0.05, 0) is 48.4 Å². The van der Waals surface area contributed by atoms with Crippen LogP contribution in [0.25, 0.3) is 0 Å². The highest BCUT2D eigenvalue weighted by Crippen LogP contribution is 2.42. The Morgan fingerprint density at radius 1 is 0.907 bits per heavy atom. The molecule has 0 unspecified atom stereocenters. The molecule has 0 bridgehead atoms. The monoisotopic (exact) mass is 616 g/mol. The topological polar surface area (TPSA) is 210 Å². The highest BCUT2D eigenvalue weighted by molar-refractivity contribution is 7.46. The number of ether oxygens (including phenoxy) is 4. The molecule has 7 N–H and O–H groups in total. The zero-order chi connectivity index (χ0) is 31.0. The number of rotatable bonds is 12. The molecule has 0 aromatic heterocycles. The molecule has 0 spiro atoms. The number of aliphatic hydroxyl groups is 1. The molecular weight excluding hydrogens is 583 g/mol. The van der Waals surface area contributed by atoms with Gasteiger partial charge in [-0.3, -0.25) is 9.32 Å². The van der Waals surface area contributed by atoms with Gasteiger partial charge in [-0.2, -0.15) is 0 Å². The Balaban J connectivity index is 1.60. The number of para-hydroxylation sites is 1. The van der Waals surface area contributed by atoms with Crippen molar-refractivity contribution in [2.75, 3.05) is 18.9 Å². The zero-order valence-corrected chi connectivity index (χ0v) is 23.8. The van der Waals surface area contributed by atoms with Gasteiger partial charge in [0.05, 0.1) is 12.0 Å². The van der Waals surface area contributed by atoms with Crippen LogP contribution in [-0.2, 0) is 40.9 Å². The molecular formula is C29H33N2O11P. The first-order valence-corrected chi connectivity index (χ1v) is 14.9. The lowest BCUT2D eigenvalue weighted by molar-refractivity contribution is -0.279. The summed E-state index contributed by atoms with van der Waals surface area (Å²) < 4.78 is 39.6. The van der Waals surface area contributed by atoms with E-state index in [0.29, 0.717) is 18.5 Å². The normalized spacial score (nSPS) is 22.0. The molecule has 1 fully saturated rings. The van der Waals surface area contributed by atoms with Gasteiger partial charge >= 0.3 is 19.8 Å². The number of carbonyl (C=O) groups excluding carboxylic acids is 2. The number of anilines is 1. The van der Waals surface area contributed by atoms with Crippen molar-refractivity contribution in [3.8, 4) is 5.75 Å². The zero-order valence-electron chi connectivity index (χ0n) is 22.9. The smallest absolute Gasteiger partial charge is 0.461 e. The molecule has 0 amide bonds. The van der Waals surface area contributed by atoms with E-state index in [-0.39, 0.29) is 23.4 Å². The van der Waals surface area contributed by atoms with E-state index in [1.807, 2.05) is 0 Å². The highest BCUT2D eigenvalue weighted by atomic mass is 31.2. The number of hydrogen-bond acceptors (Lipinski definition) is 11. The molecule has 3 aromatic carbocycles. The average Bonchev–Trinajstić information content (AvgIpc) is 2.96. The number of aliphatic hydroxyl groups excluding tert-OH is 1. The minimum Gasteiger partial charge on any atom is -0.461 e. The van der Waals surface area contributed by atoms with Crippen LogP contribution in [0.1, 0.15) is 21.5 Å². The minimum atomic E-state index is -5.26. The quantitative estimate of drug-likeness (QED) is 0.112. The lowest BCUT2D eigenvalue weighted by atomic mass is 9.99. The van der Waals surface area contributed by atoms with Gasteiger partial charge in [0.15, 0.2) is 6.10 Å². The first-order chi connectivity index (χ1) is 20.5. The van der Waals surface area contributed by atoms with E-state index in [1.54, 1.807) is 66.7 Å². The number of phosphoric ester groups is 1. The van der Waals surface area contributed by atoms with Crippen LogP contribution >= 0.6 is 7.82 Å². The number of nitrogen functional groups attached to an aromatic ring is 1. The third-order valence-electron chi connectivity index (χ3n) is 6.50. The van der Waals surface area contributed by atoms with Gasteiger partial charge in [0.1, 0.15) is 30.7 Å². The predicted molar refractivity (Wildman–Crippen MR) is 153 cm³/mol. The second-order valence-electron chi connectivity index (χ2n) is 9.70. The summed E-state index contributed by atoms with van der Waals surface area (Å²) in [7, 11) is -5.26. The molecule has 43 heavy (non-hydrogen) atoms. The highest BCUT2D eigenvalue weighted by Gasteiger charge is 2.52. The van der Waals surface area contributed by atoms with Gasteiger partial charge in [-0.1, -0.05) is 54.6 Å². The van der Waals surface area contributed by atoms with E-state index in [0.717, 1.165) is 5.56 Å². The molecule has 14 heteroatoms. The number of nitrogens with two attached hydrogens (primary N) is 2. The van der Waals surface area contributed by atoms with Crippen LogP contribution in [0.3, 0.4) is 0 Å². The van der Waals surface area contributed by atoms with Crippen molar-refractivity contribution in [1.29, 1.82) is 0 Å². The summed E-state index contributed by atoms with van der Waals surface area (Å²) in [5.41, 5.74) is 13.2. The summed E-state index contributed by atoms with van der Waals surface area (Å²) in [6.45, 7) is -0.158. The molecule has 0 radical (unpaired) electrons. The molecule has 0 saturated carbocycles. The molecule has 1 heterocycles. The minimum absolute atomic E-state index is 0.0638. The Bertz CT molecular complexity index is 1420. The molecule has 4 rings (SSSR count). The van der Waals surface area contributed by atoms with Crippen molar-refractivity contribution < 1.29 is 52.5 Å². The number of benzene rings is 3. The largest absolute Gasteiger partial charge is 0.470 e. The van der Waals surface area contributed by atoms with Crippen molar-refractivity contribution in [2.45, 2.75) is 43.5 Å². The molecule has 1 saturated heterocycles. The maximum Gasteiger partial charge on any atom is 0.470 e. The second-order valence-corrected chi connectivity index (χ2v) is 10.9. The van der Waals surface area contributed by atoms with E-state index in [2.05, 4.69) is 0 Å². The van der Waals surface area contributed by atoms with Crippen LogP contribution in [0, 0.1) is 0 Å². The molecule has 3 aromatic rings. The SMILES string of the molecule is NCCc1ccc(O[C@@H]2O[C@H](COC(=O)c3ccccc3N)[C@@H](O)[C@H](OP(=O)(O)O)[C@H]2OC(=O)Cc2ccccc2)cc1. The summed E-state index contributed by atoms with van der Waals surface area (Å²) in [5, 5.41) is 11.1. The van der Waals surface area contributed by atoms with E-state index >= 15 is 0 Å². The molecule has 13 nitrogen and oxygen atoms in total. The Morgan fingerprint density at radius 2 is 1.58 bits per heavy atom. The predicted octanol–water partition coefficient (Wildman–Crippen LogP) is 1.72. The van der Waals surface area contributed by atoms with E-state index < -0.39 is 57.1 Å². The van der Waals surface area contributed by atoms with Gasteiger partial charge in [0.2, 0.25) is 6.29 Å². The van der Waals surface area contributed by atoms with Gasteiger partial charge in [-0.15, -0.1) is 0 Å². The number of carbonyl (C=O) groups is 2. The van der Waals surface area contributed by atoms with Crippen LogP contribution in [0.2, 0.25) is 0 Å². The fraction of sp³-hybridized carbons (Fsp3) is 0.310. The third kappa shape index (κ3) is 9.09. The number of phosphoric acid groups is 1. The Hall–Kier alpha value is -3.81. The lowest BCUT2D eigenvalue weighted by Gasteiger charge is -2.43. The van der Waals surface area contributed by atoms with Gasteiger partial charge in [0.25, 0.3) is 0 Å². The molecule has 0 aliphatic carbocycles. The van der Waals surface area contributed by atoms with Crippen molar-refractivity contribution in [3.05, 3.63) is 95.6 Å². The molecule has 1 aliphatic heterocycles. The van der Waals surface area contributed by atoms with E-state index in [9.17, 15) is 29.0 Å². The van der Waals surface area contributed by atoms with Crippen LogP contribution in [0.4, 0.5) is 5.69 Å². The Labute approximate surface area is 247 Å². The summed E-state index contributed by atoms with van der Waals surface area (Å²) in [5.74, 6) is -1.39. The third-order valence-corrected chi connectivity index (χ3v) is 7.02. The van der Waals surface area contributed by atoms with Crippen molar-refractivity contribution in [1.82, 2.24) is 0 Å². The first-order valence-electron chi connectivity index (χ1n) is 13.3. The fourth-order valence-electron chi connectivity index (χ4n) is 4.44. The van der Waals surface area contributed by atoms with E-state index in [1.165, 1.54) is 12.1 Å². The van der Waals surface area contributed by atoms with Crippen LogP contribution in [-0.4, -0.2) is 70.7 Å². The first kappa shape index (κ1) is 32.1. The Morgan fingerprint density at radius 3 is 2.23 bits per heavy atom. The van der Waals surface area contributed by atoms with Crippen LogP contribution < -0.4 is 16.2 Å². The molecule has 5 atom stereocenters. The standard InChI is InChI=1S/C29H33N2O11P/c30-15-14-18-10-12-20(13-11-18)39-29-27(41-24(32)16-19-6-2-1-3-7-19)26(42-43(35,36)37)25(33)23(40-29)17-38-28(34)21-8-4-5-9-22(21)31/h1-13,23,25-27,29,33H,14-17,30-31H2,(H2,35,36,37)/t23-,25-,26+,27-,29-/m1/s1. The van der Waals surface area contributed by atoms with Crippen molar-refractivity contribution in [2.24, 2.45) is 5.73 Å². The van der Waals surface area contributed by atoms with Gasteiger partial charge in [0, 0.05) is 5.69 Å². The lowest BCUT2D eigenvalue weighted by Crippen LogP contribution is -2.62. The summed E-state index contributed by atoms with van der Waals surface area (Å²) in [6, 6.07) is 21.5. The Kier molecular flexibility index (Phi) is 10.9. The van der Waals surface area contributed by atoms with Crippen LogP contribution in [0.5, 0.6) is 5.75 Å². The maximum absolute atomic E-state index is 12.9. The summed E-state index contributed by atoms with van der Waals surface area (Å²) >= 11 is 0. The summed E-state index contributed by atoms with van der Waals surface area (Å²) in [6.07, 6.45) is -7.89. The van der Waals surface area contributed by atoms with Crippen LogP contribution in [0.15, 0.2) is 78.9 Å². The fourth-order valence-corrected chi connectivity index (χ4v) is 5.00. The summed E-state index contributed by atoms with van der Waals surface area (Å²) in [4.78, 5) is 44.9. The molecule has 230 valence electrons. The average molecular weight is 617 g/mol. The number of hydrogen-bond donors (Lipinski definition) is 5. The van der Waals surface area contributed by atoms with Gasteiger partial charge < -0.3 is 45.3 Å². The van der Waals surface area contributed by atoms with Gasteiger partial charge in [-0.25, -0.2) is 9.36 Å². The van der Waals surface area contributed by atoms with E-state index in [4.69, 9.17) is 34.9 Å². The molecule has 1 aliphatic rings. The second kappa shape index (κ2) is 14.6. The maximum atomic E-state index is 12.9. The van der Waals surface area contributed by atoms with Crippen molar-refractivity contribution >= 4 is 25.4 Å². The van der Waals surface area contributed by atoms with Crippen molar-refractivity contribution in [3.63, 3.8) is 0 Å².